The fourth-order valence-electron chi connectivity index (χ4n) is 3.90. The molecule has 160 valence electrons. The summed E-state index contributed by atoms with van der Waals surface area (Å²) in [5.74, 6) is 0.345. The quantitative estimate of drug-likeness (QED) is 0.347. The molecule has 5 rings (SSSR count). The van der Waals surface area contributed by atoms with Gasteiger partial charge in [0.1, 0.15) is 11.5 Å². The van der Waals surface area contributed by atoms with Crippen LogP contribution in [0.2, 0.25) is 0 Å². The van der Waals surface area contributed by atoms with Crippen molar-refractivity contribution < 1.29 is 4.39 Å². The van der Waals surface area contributed by atoms with Crippen LogP contribution in [0.1, 0.15) is 18.1 Å². The third-order valence-electron chi connectivity index (χ3n) is 5.69. The van der Waals surface area contributed by atoms with Gasteiger partial charge in [-0.2, -0.15) is 5.10 Å². The second-order valence-corrected chi connectivity index (χ2v) is 7.74. The van der Waals surface area contributed by atoms with Crippen molar-refractivity contribution in [2.24, 2.45) is 0 Å². The maximum absolute atomic E-state index is 13.6. The van der Waals surface area contributed by atoms with Gasteiger partial charge in [0, 0.05) is 35.5 Å². The van der Waals surface area contributed by atoms with E-state index in [2.05, 4.69) is 56.4 Å². The number of aromatic amines is 2. The van der Waals surface area contributed by atoms with E-state index in [9.17, 15) is 4.39 Å². The van der Waals surface area contributed by atoms with Gasteiger partial charge in [-0.1, -0.05) is 25.1 Å². The second kappa shape index (κ2) is 8.36. The first-order chi connectivity index (χ1) is 15.6. The number of hydrogen-bond acceptors (Lipinski definition) is 4. The lowest BCUT2D eigenvalue weighted by molar-refractivity contribution is 0.628. The summed E-state index contributed by atoms with van der Waals surface area (Å²) in [6.45, 7) is 5.92. The Morgan fingerprint density at radius 3 is 2.78 bits per heavy atom. The van der Waals surface area contributed by atoms with Gasteiger partial charge in [-0.25, -0.2) is 9.37 Å². The molecule has 0 unspecified atom stereocenters. The molecule has 3 heterocycles. The predicted molar refractivity (Wildman–Crippen MR) is 124 cm³/mol. The highest BCUT2D eigenvalue weighted by Crippen LogP contribution is 2.32. The van der Waals surface area contributed by atoms with Crippen molar-refractivity contribution in [3.63, 3.8) is 0 Å². The number of rotatable bonds is 6. The number of benzene rings is 2. The Morgan fingerprint density at radius 1 is 1.03 bits per heavy atom. The number of nitrogens with one attached hydrogen (secondary N) is 3. The number of aromatic nitrogens is 5. The monoisotopic (exact) mass is 426 g/mol. The van der Waals surface area contributed by atoms with Crippen LogP contribution in [-0.2, 0) is 6.54 Å². The minimum Gasteiger partial charge on any atom is -0.337 e. The van der Waals surface area contributed by atoms with Crippen molar-refractivity contribution in [1.29, 1.82) is 0 Å². The summed E-state index contributed by atoms with van der Waals surface area (Å²) in [6, 6.07) is 12.6. The van der Waals surface area contributed by atoms with Gasteiger partial charge in [0.2, 0.25) is 0 Å². The van der Waals surface area contributed by atoms with E-state index in [1.165, 1.54) is 23.3 Å². The second-order valence-electron chi connectivity index (χ2n) is 7.74. The van der Waals surface area contributed by atoms with Gasteiger partial charge in [-0.15, -0.1) is 0 Å². The molecule has 5 aromatic rings. The molecule has 3 N–H and O–H groups in total. The fourth-order valence-corrected chi connectivity index (χ4v) is 3.90. The molecule has 0 atom stereocenters. The van der Waals surface area contributed by atoms with Crippen LogP contribution < -0.4 is 5.32 Å². The zero-order chi connectivity index (χ0) is 22.1. The number of nitrogens with zero attached hydrogens (tertiary/aromatic N) is 3. The van der Waals surface area contributed by atoms with E-state index in [0.29, 0.717) is 5.82 Å². The van der Waals surface area contributed by atoms with Gasteiger partial charge in [-0.05, 0) is 54.4 Å². The summed E-state index contributed by atoms with van der Waals surface area (Å²) < 4.78 is 13.6. The fraction of sp³-hybridized carbons (Fsp3) is 0.160. The van der Waals surface area contributed by atoms with Crippen LogP contribution in [0.5, 0.6) is 0 Å². The Morgan fingerprint density at radius 2 is 1.94 bits per heavy atom. The third-order valence-corrected chi connectivity index (χ3v) is 5.69. The number of pyridine rings is 1. The Labute approximate surface area is 185 Å². The molecule has 0 saturated carbocycles. The topological polar surface area (TPSA) is 82.3 Å². The summed E-state index contributed by atoms with van der Waals surface area (Å²) >= 11 is 0. The number of H-pyrrole nitrogens is 2. The molecule has 0 aliphatic rings. The maximum Gasteiger partial charge on any atom is 0.159 e. The largest absolute Gasteiger partial charge is 0.337 e. The average molecular weight is 426 g/mol. The van der Waals surface area contributed by atoms with Crippen LogP contribution in [0.3, 0.4) is 0 Å². The molecular weight excluding hydrogens is 403 g/mol. The molecular formula is C25H23FN6. The Bertz CT molecular complexity index is 1400. The summed E-state index contributed by atoms with van der Waals surface area (Å²) in [5.41, 5.74) is 7.67. The molecule has 0 spiro atoms. The van der Waals surface area contributed by atoms with Crippen LogP contribution in [0.25, 0.3) is 44.8 Å². The summed E-state index contributed by atoms with van der Waals surface area (Å²) in [5, 5.41) is 11.9. The molecule has 0 bridgehead atoms. The van der Waals surface area contributed by atoms with E-state index in [0.717, 1.165) is 52.1 Å². The van der Waals surface area contributed by atoms with Crippen LogP contribution in [0, 0.1) is 12.7 Å². The van der Waals surface area contributed by atoms with Gasteiger partial charge >= 0.3 is 0 Å². The molecule has 32 heavy (non-hydrogen) atoms. The Hall–Kier alpha value is -3.84. The highest BCUT2D eigenvalue weighted by atomic mass is 19.1. The van der Waals surface area contributed by atoms with Crippen LogP contribution in [0.15, 0.2) is 61.1 Å². The molecule has 0 aliphatic heterocycles. The first kappa shape index (κ1) is 20.1. The van der Waals surface area contributed by atoms with Crippen LogP contribution in [0.4, 0.5) is 4.39 Å². The van der Waals surface area contributed by atoms with Crippen molar-refractivity contribution in [1.82, 2.24) is 30.5 Å². The normalized spacial score (nSPS) is 11.3. The lowest BCUT2D eigenvalue weighted by Gasteiger charge is -2.11. The molecule has 2 aromatic carbocycles. The molecule has 0 saturated heterocycles. The number of fused-ring (bicyclic) bond motifs is 1. The van der Waals surface area contributed by atoms with Crippen molar-refractivity contribution in [3.05, 3.63) is 78.0 Å². The highest BCUT2D eigenvalue weighted by molar-refractivity contribution is 5.94. The lowest BCUT2D eigenvalue weighted by Crippen LogP contribution is -2.13. The van der Waals surface area contributed by atoms with Gasteiger partial charge < -0.3 is 10.3 Å². The van der Waals surface area contributed by atoms with E-state index in [-0.39, 0.29) is 5.82 Å². The Kier molecular flexibility index (Phi) is 5.25. The number of halogens is 1. The molecule has 0 radical (unpaired) electrons. The molecule has 0 aliphatic carbocycles. The molecule has 0 amide bonds. The van der Waals surface area contributed by atoms with Crippen molar-refractivity contribution >= 4 is 10.9 Å². The van der Waals surface area contributed by atoms with Crippen molar-refractivity contribution in [3.8, 4) is 33.9 Å². The molecule has 3 aromatic heterocycles. The Balaban J connectivity index is 1.55. The van der Waals surface area contributed by atoms with E-state index in [1.54, 1.807) is 12.3 Å². The highest BCUT2D eigenvalue weighted by Gasteiger charge is 2.15. The van der Waals surface area contributed by atoms with Crippen LogP contribution >= 0.6 is 0 Å². The third kappa shape index (κ3) is 3.67. The minimum atomic E-state index is -0.283. The first-order valence-corrected chi connectivity index (χ1v) is 10.6. The molecule has 0 fully saturated rings. The van der Waals surface area contributed by atoms with Gasteiger partial charge in [-0.3, -0.25) is 10.1 Å². The van der Waals surface area contributed by atoms with Crippen LogP contribution in [-0.4, -0.2) is 31.7 Å². The molecule has 6 nitrogen and oxygen atoms in total. The number of hydrogen-bond donors (Lipinski definition) is 3. The average Bonchev–Trinajstić information content (AvgIpc) is 3.45. The SMILES string of the molecule is CCNCc1cncc(-c2ccc3[nH]nc(-c4ncc(-c5cccc(F)c5)[nH]4)c3c2)c1C. The van der Waals surface area contributed by atoms with Gasteiger partial charge in [0.05, 0.1) is 17.4 Å². The standard InChI is InChI=1S/C25H23FN6/c1-3-27-11-18-12-28-13-21(15(18)2)16-7-8-22-20(10-16)24(32-31-22)25-29-14-23(30-25)17-5-4-6-19(26)9-17/h4-10,12-14,27H,3,11H2,1-2H3,(H,29,30)(H,31,32). The summed E-state index contributed by atoms with van der Waals surface area (Å²) in [6.07, 6.45) is 5.52. The smallest absolute Gasteiger partial charge is 0.159 e. The van der Waals surface area contributed by atoms with E-state index < -0.39 is 0 Å². The summed E-state index contributed by atoms with van der Waals surface area (Å²) in [7, 11) is 0. The summed E-state index contributed by atoms with van der Waals surface area (Å²) in [4.78, 5) is 12.2. The van der Waals surface area contributed by atoms with Gasteiger partial charge in [0.15, 0.2) is 5.82 Å². The lowest BCUT2D eigenvalue weighted by atomic mass is 9.98. The molecule has 7 heteroatoms. The van der Waals surface area contributed by atoms with E-state index in [1.807, 2.05) is 24.5 Å². The van der Waals surface area contributed by atoms with Gasteiger partial charge in [0.25, 0.3) is 0 Å². The maximum atomic E-state index is 13.6. The minimum absolute atomic E-state index is 0.283. The zero-order valence-electron chi connectivity index (χ0n) is 17.9. The zero-order valence-corrected chi connectivity index (χ0v) is 17.9. The predicted octanol–water partition coefficient (Wildman–Crippen LogP) is 5.24. The van der Waals surface area contributed by atoms with Crippen molar-refractivity contribution in [2.45, 2.75) is 20.4 Å². The number of imidazole rings is 1. The van der Waals surface area contributed by atoms with Crippen molar-refractivity contribution in [2.75, 3.05) is 6.54 Å². The van der Waals surface area contributed by atoms with E-state index in [4.69, 9.17) is 0 Å². The first-order valence-electron chi connectivity index (χ1n) is 10.6. The van der Waals surface area contributed by atoms with E-state index >= 15 is 0 Å².